The summed E-state index contributed by atoms with van der Waals surface area (Å²) in [4.78, 5) is 0. The largest absolute Gasteiger partial charge is 0.417 e. The number of alkyl halides is 3. The summed E-state index contributed by atoms with van der Waals surface area (Å²) in [7, 11) is 0. The second-order valence-corrected chi connectivity index (χ2v) is 3.30. The molecule has 17 heavy (non-hydrogen) atoms. The number of nitrogens with two attached hydrogens (primary N) is 1. The van der Waals surface area contributed by atoms with Gasteiger partial charge in [0.1, 0.15) is 11.5 Å². The number of hydrogen-bond acceptors (Lipinski definition) is 3. The average Bonchev–Trinajstić information content (AvgIpc) is 2.62. The maximum atomic E-state index is 13.0. The highest BCUT2D eigenvalue weighted by atomic mass is 19.4. The molecule has 0 spiro atoms. The first-order chi connectivity index (χ1) is 7.89. The number of halogens is 4. The minimum absolute atomic E-state index is 0.0823. The van der Waals surface area contributed by atoms with E-state index in [9.17, 15) is 17.6 Å². The van der Waals surface area contributed by atoms with Crippen molar-refractivity contribution in [3.8, 4) is 11.3 Å². The molecule has 2 aromatic rings. The van der Waals surface area contributed by atoms with E-state index >= 15 is 0 Å². The van der Waals surface area contributed by atoms with Crippen molar-refractivity contribution in [1.82, 2.24) is 5.16 Å². The molecule has 1 aromatic carbocycles. The third kappa shape index (κ3) is 2.08. The molecule has 0 amide bonds. The number of hydrogen-bond donors (Lipinski definition) is 1. The van der Waals surface area contributed by atoms with Gasteiger partial charge in [0, 0.05) is 5.56 Å². The lowest BCUT2D eigenvalue weighted by Crippen LogP contribution is -2.07. The first kappa shape index (κ1) is 11.4. The normalized spacial score (nSPS) is 11.8. The van der Waals surface area contributed by atoms with Gasteiger partial charge in [0.2, 0.25) is 0 Å². The quantitative estimate of drug-likeness (QED) is 0.786. The van der Waals surface area contributed by atoms with Crippen molar-refractivity contribution in [3.05, 3.63) is 35.8 Å². The van der Waals surface area contributed by atoms with E-state index in [2.05, 4.69) is 9.68 Å². The molecule has 0 bridgehead atoms. The van der Waals surface area contributed by atoms with Gasteiger partial charge >= 0.3 is 6.18 Å². The third-order valence-corrected chi connectivity index (χ3v) is 2.13. The SMILES string of the molecule is Nc1cnoc1-c1cc(F)ccc1C(F)(F)F. The zero-order chi connectivity index (χ0) is 12.6. The maximum Gasteiger partial charge on any atom is 0.417 e. The molecule has 0 unspecified atom stereocenters. The molecule has 0 aliphatic heterocycles. The summed E-state index contributed by atoms with van der Waals surface area (Å²) < 4.78 is 55.6. The van der Waals surface area contributed by atoms with Gasteiger partial charge in [0.25, 0.3) is 0 Å². The fraction of sp³-hybridized carbons (Fsp3) is 0.100. The Hall–Kier alpha value is -2.05. The third-order valence-electron chi connectivity index (χ3n) is 2.13. The molecular formula is C10H6F4N2O. The lowest BCUT2D eigenvalue weighted by molar-refractivity contribution is -0.137. The summed E-state index contributed by atoms with van der Waals surface area (Å²) in [5.74, 6) is -1.11. The van der Waals surface area contributed by atoms with E-state index in [0.29, 0.717) is 12.1 Å². The smallest absolute Gasteiger partial charge is 0.394 e. The molecule has 0 radical (unpaired) electrons. The van der Waals surface area contributed by atoms with Gasteiger partial charge in [0.05, 0.1) is 11.8 Å². The Balaban J connectivity index is 2.68. The Morgan fingerprint density at radius 1 is 1.24 bits per heavy atom. The molecule has 0 saturated carbocycles. The number of nitrogen functional groups attached to an aromatic ring is 1. The number of anilines is 1. The van der Waals surface area contributed by atoms with Crippen LogP contribution in [0.2, 0.25) is 0 Å². The summed E-state index contributed by atoms with van der Waals surface area (Å²) in [6.45, 7) is 0. The van der Waals surface area contributed by atoms with E-state index < -0.39 is 23.1 Å². The van der Waals surface area contributed by atoms with Gasteiger partial charge in [-0.05, 0) is 18.2 Å². The molecule has 2 rings (SSSR count). The van der Waals surface area contributed by atoms with Crippen molar-refractivity contribution < 1.29 is 22.1 Å². The topological polar surface area (TPSA) is 52.0 Å². The second kappa shape index (κ2) is 3.76. The molecular weight excluding hydrogens is 240 g/mol. The second-order valence-electron chi connectivity index (χ2n) is 3.30. The van der Waals surface area contributed by atoms with Crippen LogP contribution in [0.15, 0.2) is 28.9 Å². The highest BCUT2D eigenvalue weighted by molar-refractivity contribution is 5.73. The van der Waals surface area contributed by atoms with Crippen LogP contribution in [-0.4, -0.2) is 5.16 Å². The highest BCUT2D eigenvalue weighted by Gasteiger charge is 2.35. The summed E-state index contributed by atoms with van der Waals surface area (Å²) in [5, 5.41) is 3.26. The highest BCUT2D eigenvalue weighted by Crippen LogP contribution is 2.39. The van der Waals surface area contributed by atoms with Crippen molar-refractivity contribution in [1.29, 1.82) is 0 Å². The first-order valence-electron chi connectivity index (χ1n) is 4.47. The number of rotatable bonds is 1. The molecule has 1 heterocycles. The van der Waals surface area contributed by atoms with Crippen LogP contribution in [0, 0.1) is 5.82 Å². The van der Waals surface area contributed by atoms with Crippen molar-refractivity contribution >= 4 is 5.69 Å². The summed E-state index contributed by atoms with van der Waals surface area (Å²) in [6, 6.07) is 2.06. The van der Waals surface area contributed by atoms with Crippen LogP contribution in [-0.2, 0) is 6.18 Å². The Morgan fingerprint density at radius 3 is 2.47 bits per heavy atom. The predicted octanol–water partition coefficient (Wildman–Crippen LogP) is 3.08. The maximum absolute atomic E-state index is 13.0. The molecule has 1 aromatic heterocycles. The van der Waals surface area contributed by atoms with Crippen LogP contribution in [0.3, 0.4) is 0 Å². The van der Waals surface area contributed by atoms with Crippen LogP contribution in [0.5, 0.6) is 0 Å². The van der Waals surface area contributed by atoms with Crippen LogP contribution < -0.4 is 5.73 Å². The predicted molar refractivity (Wildman–Crippen MR) is 51.3 cm³/mol. The molecule has 0 aliphatic carbocycles. The average molecular weight is 246 g/mol. The lowest BCUT2D eigenvalue weighted by Gasteiger charge is -2.11. The first-order valence-corrected chi connectivity index (χ1v) is 4.47. The van der Waals surface area contributed by atoms with Gasteiger partial charge in [-0.2, -0.15) is 13.2 Å². The molecule has 0 fully saturated rings. The van der Waals surface area contributed by atoms with Gasteiger partial charge in [0.15, 0.2) is 5.76 Å². The van der Waals surface area contributed by atoms with E-state index in [4.69, 9.17) is 5.73 Å². The lowest BCUT2D eigenvalue weighted by atomic mass is 10.0. The fourth-order valence-electron chi connectivity index (χ4n) is 1.40. The fourth-order valence-corrected chi connectivity index (χ4v) is 1.40. The molecule has 0 saturated heterocycles. The van der Waals surface area contributed by atoms with Gasteiger partial charge in [-0.3, -0.25) is 0 Å². The molecule has 0 aliphatic rings. The minimum atomic E-state index is -4.62. The van der Waals surface area contributed by atoms with Gasteiger partial charge in [-0.25, -0.2) is 4.39 Å². The van der Waals surface area contributed by atoms with Gasteiger partial charge in [-0.1, -0.05) is 5.16 Å². The Kier molecular flexibility index (Phi) is 2.53. The molecule has 0 atom stereocenters. The van der Waals surface area contributed by atoms with E-state index in [-0.39, 0.29) is 11.4 Å². The zero-order valence-electron chi connectivity index (χ0n) is 8.25. The van der Waals surface area contributed by atoms with Gasteiger partial charge < -0.3 is 10.3 Å². The van der Waals surface area contributed by atoms with E-state index in [0.717, 1.165) is 12.3 Å². The monoisotopic (exact) mass is 246 g/mol. The van der Waals surface area contributed by atoms with Crippen molar-refractivity contribution in [2.75, 3.05) is 5.73 Å². The van der Waals surface area contributed by atoms with Crippen LogP contribution in [0.25, 0.3) is 11.3 Å². The standard InChI is InChI=1S/C10H6F4N2O/c11-5-1-2-7(10(12,13)14)6(3-5)9-8(15)4-16-17-9/h1-4H,15H2. The zero-order valence-corrected chi connectivity index (χ0v) is 8.25. The summed E-state index contributed by atoms with van der Waals surface area (Å²) in [5.41, 5.74) is 3.82. The van der Waals surface area contributed by atoms with Crippen LogP contribution >= 0.6 is 0 Å². The molecule has 3 nitrogen and oxygen atoms in total. The summed E-state index contributed by atoms with van der Waals surface area (Å²) >= 11 is 0. The summed E-state index contributed by atoms with van der Waals surface area (Å²) in [6.07, 6.45) is -3.57. The van der Waals surface area contributed by atoms with E-state index in [1.54, 1.807) is 0 Å². The van der Waals surface area contributed by atoms with Gasteiger partial charge in [-0.15, -0.1) is 0 Å². The Morgan fingerprint density at radius 2 is 1.94 bits per heavy atom. The minimum Gasteiger partial charge on any atom is -0.394 e. The number of benzene rings is 1. The van der Waals surface area contributed by atoms with Crippen LogP contribution in [0.4, 0.5) is 23.2 Å². The van der Waals surface area contributed by atoms with E-state index in [1.165, 1.54) is 0 Å². The molecule has 2 N–H and O–H groups in total. The van der Waals surface area contributed by atoms with Crippen LogP contribution in [0.1, 0.15) is 5.56 Å². The number of nitrogens with zero attached hydrogens (tertiary/aromatic N) is 1. The van der Waals surface area contributed by atoms with Crippen molar-refractivity contribution in [3.63, 3.8) is 0 Å². The molecule has 90 valence electrons. The van der Waals surface area contributed by atoms with Crippen molar-refractivity contribution in [2.24, 2.45) is 0 Å². The number of aromatic nitrogens is 1. The Labute approximate surface area is 92.8 Å². The Bertz CT molecular complexity index is 547. The van der Waals surface area contributed by atoms with Crippen molar-refractivity contribution in [2.45, 2.75) is 6.18 Å². The molecule has 7 heteroatoms. The van der Waals surface area contributed by atoms with E-state index in [1.807, 2.05) is 0 Å².